The van der Waals surface area contributed by atoms with E-state index in [4.69, 9.17) is 21.1 Å². The SMILES string of the molecule is CCOc1ccc(Cc2cc([C@@]34CC[C@@](CO)(C[C@H](O)[C@H]3O)O4)ccc2Cl)cc1. The first kappa shape index (κ1) is 20.6. The first-order valence-corrected chi connectivity index (χ1v) is 10.5. The van der Waals surface area contributed by atoms with Crippen LogP contribution in [0.3, 0.4) is 0 Å². The van der Waals surface area contributed by atoms with Gasteiger partial charge in [0.05, 0.1) is 24.9 Å². The van der Waals surface area contributed by atoms with E-state index in [9.17, 15) is 15.3 Å². The number of fused-ring (bicyclic) bond motifs is 2. The van der Waals surface area contributed by atoms with E-state index in [0.29, 0.717) is 30.9 Å². The van der Waals surface area contributed by atoms with Gasteiger partial charge in [0.2, 0.25) is 0 Å². The van der Waals surface area contributed by atoms with E-state index < -0.39 is 23.4 Å². The Kier molecular flexibility index (Phi) is 5.62. The molecule has 2 saturated heterocycles. The third-order valence-electron chi connectivity index (χ3n) is 6.23. The standard InChI is InChI=1S/C23H27ClO5/c1-2-28-18-6-3-15(4-7-18)11-16-12-17(5-8-19(16)24)23-10-9-22(14-25,29-23)13-20(26)21(23)27/h3-8,12,20-21,25-27H,2,9-11,13-14H2,1H3/t20-,21+,22-,23-/m0/s1. The summed E-state index contributed by atoms with van der Waals surface area (Å²) >= 11 is 6.47. The Balaban J connectivity index is 1.64. The van der Waals surface area contributed by atoms with Gasteiger partial charge in [0.1, 0.15) is 17.5 Å². The fourth-order valence-corrected chi connectivity index (χ4v) is 4.86. The minimum Gasteiger partial charge on any atom is -0.494 e. The molecule has 2 aliphatic rings. The molecule has 6 heteroatoms. The molecule has 3 N–H and O–H groups in total. The maximum absolute atomic E-state index is 10.8. The second-order valence-corrected chi connectivity index (χ2v) is 8.52. The van der Waals surface area contributed by atoms with Gasteiger partial charge in [-0.1, -0.05) is 35.9 Å². The number of hydrogen-bond donors (Lipinski definition) is 3. The van der Waals surface area contributed by atoms with E-state index in [0.717, 1.165) is 22.4 Å². The summed E-state index contributed by atoms with van der Waals surface area (Å²) in [5.74, 6) is 0.828. The smallest absolute Gasteiger partial charge is 0.122 e. The Morgan fingerprint density at radius 3 is 2.59 bits per heavy atom. The molecule has 2 heterocycles. The number of rotatable bonds is 6. The van der Waals surface area contributed by atoms with Gasteiger partial charge in [-0.15, -0.1) is 0 Å². The lowest BCUT2D eigenvalue weighted by atomic mass is 9.81. The van der Waals surface area contributed by atoms with Crippen LogP contribution >= 0.6 is 11.6 Å². The molecule has 2 aromatic rings. The Labute approximate surface area is 175 Å². The zero-order valence-electron chi connectivity index (χ0n) is 16.5. The van der Waals surface area contributed by atoms with Crippen molar-refractivity contribution in [3.8, 4) is 5.75 Å². The molecule has 4 atom stereocenters. The van der Waals surface area contributed by atoms with Gasteiger partial charge < -0.3 is 24.8 Å². The van der Waals surface area contributed by atoms with Crippen LogP contribution in [0.4, 0.5) is 0 Å². The molecule has 2 fully saturated rings. The molecule has 29 heavy (non-hydrogen) atoms. The van der Waals surface area contributed by atoms with Crippen LogP contribution in [0.25, 0.3) is 0 Å². The van der Waals surface area contributed by atoms with Gasteiger partial charge in [-0.3, -0.25) is 0 Å². The summed E-state index contributed by atoms with van der Waals surface area (Å²) in [5, 5.41) is 31.7. The molecule has 4 rings (SSSR count). The fraction of sp³-hybridized carbons (Fsp3) is 0.478. The first-order chi connectivity index (χ1) is 13.9. The number of hydrogen-bond acceptors (Lipinski definition) is 5. The number of halogens is 1. The Bertz CT molecular complexity index is 870. The summed E-state index contributed by atoms with van der Waals surface area (Å²) in [4.78, 5) is 0. The highest BCUT2D eigenvalue weighted by Crippen LogP contribution is 2.53. The van der Waals surface area contributed by atoms with E-state index in [-0.39, 0.29) is 13.0 Å². The lowest BCUT2D eigenvalue weighted by Gasteiger charge is -2.45. The summed E-state index contributed by atoms with van der Waals surface area (Å²) in [5.41, 5.74) is 0.960. The molecule has 2 aromatic carbocycles. The van der Waals surface area contributed by atoms with Gasteiger partial charge >= 0.3 is 0 Å². The molecule has 0 aliphatic carbocycles. The van der Waals surface area contributed by atoms with Crippen LogP contribution in [0.15, 0.2) is 42.5 Å². The minimum atomic E-state index is -1.05. The summed E-state index contributed by atoms with van der Waals surface area (Å²) in [6, 6.07) is 13.5. The number of aliphatic hydroxyl groups excluding tert-OH is 3. The van der Waals surface area contributed by atoms with Gasteiger partial charge in [-0.25, -0.2) is 0 Å². The molecule has 0 saturated carbocycles. The van der Waals surface area contributed by atoms with Crippen molar-refractivity contribution in [1.82, 2.24) is 0 Å². The van der Waals surface area contributed by atoms with Gasteiger partial charge in [0.25, 0.3) is 0 Å². The number of benzene rings is 2. The molecule has 156 valence electrons. The molecule has 0 unspecified atom stereocenters. The van der Waals surface area contributed by atoms with E-state index >= 15 is 0 Å². The average molecular weight is 419 g/mol. The average Bonchev–Trinajstić information content (AvgIpc) is 3.07. The van der Waals surface area contributed by atoms with Gasteiger partial charge in [0, 0.05) is 11.4 Å². The van der Waals surface area contributed by atoms with Crippen molar-refractivity contribution in [2.24, 2.45) is 0 Å². The van der Waals surface area contributed by atoms with Crippen molar-refractivity contribution in [2.45, 2.75) is 56.0 Å². The largest absolute Gasteiger partial charge is 0.494 e. The molecular formula is C23H27ClO5. The molecule has 0 amide bonds. The summed E-state index contributed by atoms with van der Waals surface area (Å²) < 4.78 is 11.8. The van der Waals surface area contributed by atoms with E-state index in [1.54, 1.807) is 0 Å². The van der Waals surface area contributed by atoms with Gasteiger partial charge in [0.15, 0.2) is 0 Å². The van der Waals surface area contributed by atoms with Crippen molar-refractivity contribution in [2.75, 3.05) is 13.2 Å². The van der Waals surface area contributed by atoms with E-state index in [2.05, 4.69) is 0 Å². The second kappa shape index (κ2) is 7.89. The highest BCUT2D eigenvalue weighted by atomic mass is 35.5. The lowest BCUT2D eigenvalue weighted by molar-refractivity contribution is -0.245. The second-order valence-electron chi connectivity index (χ2n) is 8.11. The van der Waals surface area contributed by atoms with Gasteiger partial charge in [-0.05, 0) is 61.1 Å². The summed E-state index contributed by atoms with van der Waals surface area (Å²) in [6.45, 7) is 2.40. The molecule has 0 spiro atoms. The van der Waals surface area contributed by atoms with Crippen LogP contribution < -0.4 is 4.74 Å². The quantitative estimate of drug-likeness (QED) is 0.671. The third kappa shape index (κ3) is 3.66. The van der Waals surface area contributed by atoms with Crippen molar-refractivity contribution in [3.05, 3.63) is 64.2 Å². The zero-order chi connectivity index (χ0) is 20.6. The van der Waals surface area contributed by atoms with Gasteiger partial charge in [-0.2, -0.15) is 0 Å². The maximum atomic E-state index is 10.8. The van der Waals surface area contributed by atoms with Crippen LogP contribution in [0, 0.1) is 0 Å². The molecular weight excluding hydrogens is 392 g/mol. The summed E-state index contributed by atoms with van der Waals surface area (Å²) in [7, 11) is 0. The van der Waals surface area contributed by atoms with E-state index in [1.807, 2.05) is 49.4 Å². The molecule has 0 aromatic heterocycles. The van der Waals surface area contributed by atoms with Crippen LogP contribution in [-0.2, 0) is 16.8 Å². The topological polar surface area (TPSA) is 79.2 Å². The Morgan fingerprint density at radius 1 is 1.14 bits per heavy atom. The first-order valence-electron chi connectivity index (χ1n) is 10.1. The van der Waals surface area contributed by atoms with Crippen LogP contribution in [0.2, 0.25) is 5.02 Å². The Hall–Kier alpha value is -1.63. The highest BCUT2D eigenvalue weighted by Gasteiger charge is 2.60. The van der Waals surface area contributed by atoms with E-state index in [1.165, 1.54) is 0 Å². The van der Waals surface area contributed by atoms with Crippen LogP contribution in [0.1, 0.15) is 42.9 Å². The monoisotopic (exact) mass is 418 g/mol. The maximum Gasteiger partial charge on any atom is 0.122 e. The highest BCUT2D eigenvalue weighted by molar-refractivity contribution is 6.31. The molecule has 5 nitrogen and oxygen atoms in total. The summed E-state index contributed by atoms with van der Waals surface area (Å²) in [6.07, 6.45) is -0.00430. The van der Waals surface area contributed by atoms with Crippen molar-refractivity contribution >= 4 is 11.6 Å². The minimum absolute atomic E-state index is 0.175. The molecule has 2 aliphatic heterocycles. The Morgan fingerprint density at radius 2 is 1.90 bits per heavy atom. The predicted octanol–water partition coefficient (Wildman–Crippen LogP) is 3.19. The molecule has 2 bridgehead atoms. The normalized spacial score (nSPS) is 31.1. The molecule has 0 radical (unpaired) electrons. The predicted molar refractivity (Wildman–Crippen MR) is 110 cm³/mol. The van der Waals surface area contributed by atoms with Crippen LogP contribution in [0.5, 0.6) is 5.75 Å². The van der Waals surface area contributed by atoms with Crippen molar-refractivity contribution in [1.29, 1.82) is 0 Å². The lowest BCUT2D eigenvalue weighted by Crippen LogP contribution is -2.56. The van der Waals surface area contributed by atoms with Crippen molar-refractivity contribution in [3.63, 3.8) is 0 Å². The zero-order valence-corrected chi connectivity index (χ0v) is 17.2. The van der Waals surface area contributed by atoms with Crippen molar-refractivity contribution < 1.29 is 24.8 Å². The number of ether oxygens (including phenoxy) is 2. The fourth-order valence-electron chi connectivity index (χ4n) is 4.67. The number of aliphatic hydroxyl groups is 3. The van der Waals surface area contributed by atoms with Crippen LogP contribution in [-0.4, -0.2) is 46.3 Å². The third-order valence-corrected chi connectivity index (χ3v) is 6.59.